The molecule has 0 spiro atoms. The molecule has 2 aromatic rings. The fourth-order valence-corrected chi connectivity index (χ4v) is 1.72. The van der Waals surface area contributed by atoms with Crippen LogP contribution in [0.15, 0.2) is 30.5 Å². The summed E-state index contributed by atoms with van der Waals surface area (Å²) in [6, 6.07) is 8.04. The summed E-state index contributed by atoms with van der Waals surface area (Å²) in [6.45, 7) is 0. The van der Waals surface area contributed by atoms with Gasteiger partial charge < -0.3 is 10.1 Å². The first kappa shape index (κ1) is 9.56. The van der Waals surface area contributed by atoms with Gasteiger partial charge in [-0.25, -0.2) is 0 Å². The smallest absolute Gasteiger partial charge is 0.0716 e. The molecule has 0 aliphatic heterocycles. The molecule has 2 N–H and O–H groups in total. The van der Waals surface area contributed by atoms with Gasteiger partial charge in [0.25, 0.3) is 0 Å². The molecule has 0 radical (unpaired) electrons. The second-order valence-electron chi connectivity index (χ2n) is 3.37. The quantitative estimate of drug-likeness (QED) is 0.748. The number of hydrogen-bond donors (Lipinski definition) is 2. The molecule has 1 unspecified atom stereocenters. The van der Waals surface area contributed by atoms with Crippen LogP contribution in [-0.2, 0) is 6.42 Å². The predicted molar refractivity (Wildman–Crippen MR) is 58.7 cm³/mol. The van der Waals surface area contributed by atoms with Gasteiger partial charge in [-0.15, -0.1) is 11.6 Å². The van der Waals surface area contributed by atoms with E-state index in [0.717, 1.165) is 16.5 Å². The van der Waals surface area contributed by atoms with E-state index in [0.29, 0.717) is 6.42 Å². The summed E-state index contributed by atoms with van der Waals surface area (Å²) in [5.41, 5.74) is 2.22. The van der Waals surface area contributed by atoms with Crippen molar-refractivity contribution < 1.29 is 5.11 Å². The number of aliphatic hydroxyl groups excluding tert-OH is 1. The maximum atomic E-state index is 9.44. The standard InChI is InChI=1S/C11H12ClNO/c12-6-9(14)5-8-7-13-11-4-2-1-3-10(8)11/h1-4,7,9,13-14H,5-6H2. The Bertz CT molecular complexity index is 424. The summed E-state index contributed by atoms with van der Waals surface area (Å²) >= 11 is 5.56. The minimum Gasteiger partial charge on any atom is -0.392 e. The number of rotatable bonds is 3. The molecule has 0 fully saturated rings. The minimum atomic E-state index is -0.462. The van der Waals surface area contributed by atoms with Crippen molar-refractivity contribution in [1.29, 1.82) is 0 Å². The molecule has 0 aliphatic carbocycles. The van der Waals surface area contributed by atoms with Crippen molar-refractivity contribution in [2.24, 2.45) is 0 Å². The van der Waals surface area contributed by atoms with Crippen molar-refractivity contribution in [2.75, 3.05) is 5.88 Å². The molecule has 74 valence electrons. The normalized spacial score (nSPS) is 13.3. The van der Waals surface area contributed by atoms with Gasteiger partial charge in [-0.1, -0.05) is 18.2 Å². The Balaban J connectivity index is 2.33. The van der Waals surface area contributed by atoms with E-state index in [-0.39, 0.29) is 5.88 Å². The number of aromatic nitrogens is 1. The van der Waals surface area contributed by atoms with Crippen LogP contribution in [0, 0.1) is 0 Å². The van der Waals surface area contributed by atoms with Crippen LogP contribution in [-0.4, -0.2) is 22.1 Å². The number of halogens is 1. The number of benzene rings is 1. The monoisotopic (exact) mass is 209 g/mol. The van der Waals surface area contributed by atoms with E-state index in [4.69, 9.17) is 11.6 Å². The zero-order valence-electron chi connectivity index (χ0n) is 7.70. The Hall–Kier alpha value is -0.990. The number of aliphatic hydroxyl groups is 1. The summed E-state index contributed by atoms with van der Waals surface area (Å²) in [5, 5.41) is 10.6. The van der Waals surface area contributed by atoms with Crippen LogP contribution in [0.25, 0.3) is 10.9 Å². The van der Waals surface area contributed by atoms with Crippen LogP contribution in [0.5, 0.6) is 0 Å². The number of para-hydroxylation sites is 1. The third-order valence-electron chi connectivity index (χ3n) is 2.31. The molecule has 2 rings (SSSR count). The van der Waals surface area contributed by atoms with Crippen LogP contribution >= 0.6 is 11.6 Å². The van der Waals surface area contributed by atoms with Gasteiger partial charge in [0.15, 0.2) is 0 Å². The average Bonchev–Trinajstić information content (AvgIpc) is 2.62. The van der Waals surface area contributed by atoms with Gasteiger partial charge in [-0.05, 0) is 11.6 Å². The van der Waals surface area contributed by atoms with Crippen molar-refractivity contribution in [1.82, 2.24) is 4.98 Å². The molecule has 0 bridgehead atoms. The SMILES string of the molecule is OC(CCl)Cc1c[nH]c2ccccc12. The van der Waals surface area contributed by atoms with Crippen LogP contribution in [0.1, 0.15) is 5.56 Å². The highest BCUT2D eigenvalue weighted by molar-refractivity contribution is 6.18. The number of aromatic amines is 1. The first-order valence-electron chi connectivity index (χ1n) is 4.60. The van der Waals surface area contributed by atoms with Crippen molar-refractivity contribution in [3.05, 3.63) is 36.0 Å². The summed E-state index contributed by atoms with van der Waals surface area (Å²) in [4.78, 5) is 3.16. The maximum absolute atomic E-state index is 9.44. The summed E-state index contributed by atoms with van der Waals surface area (Å²) in [6.07, 6.45) is 2.07. The fraction of sp³-hybridized carbons (Fsp3) is 0.273. The lowest BCUT2D eigenvalue weighted by Crippen LogP contribution is -2.11. The highest BCUT2D eigenvalue weighted by atomic mass is 35.5. The number of fused-ring (bicyclic) bond motifs is 1. The van der Waals surface area contributed by atoms with Crippen LogP contribution in [0.2, 0.25) is 0 Å². The molecule has 1 aromatic carbocycles. The molecule has 3 heteroatoms. The molecule has 1 atom stereocenters. The second-order valence-corrected chi connectivity index (χ2v) is 3.68. The number of nitrogens with one attached hydrogen (secondary N) is 1. The number of hydrogen-bond acceptors (Lipinski definition) is 1. The van der Waals surface area contributed by atoms with Crippen LogP contribution in [0.3, 0.4) is 0 Å². The van der Waals surface area contributed by atoms with Crippen molar-refractivity contribution in [3.63, 3.8) is 0 Å². The van der Waals surface area contributed by atoms with E-state index in [1.54, 1.807) is 0 Å². The molecule has 14 heavy (non-hydrogen) atoms. The largest absolute Gasteiger partial charge is 0.392 e. The van der Waals surface area contributed by atoms with Crippen molar-refractivity contribution in [2.45, 2.75) is 12.5 Å². The Morgan fingerprint density at radius 2 is 2.14 bits per heavy atom. The third-order valence-corrected chi connectivity index (χ3v) is 2.66. The predicted octanol–water partition coefficient (Wildman–Crippen LogP) is 2.31. The fourth-order valence-electron chi connectivity index (χ4n) is 1.61. The summed E-state index contributed by atoms with van der Waals surface area (Å²) < 4.78 is 0. The molecule has 0 amide bonds. The maximum Gasteiger partial charge on any atom is 0.0716 e. The first-order chi connectivity index (χ1) is 6.81. The van der Waals surface area contributed by atoms with Crippen LogP contribution < -0.4 is 0 Å². The van der Waals surface area contributed by atoms with Gasteiger partial charge in [0.2, 0.25) is 0 Å². The van der Waals surface area contributed by atoms with E-state index in [9.17, 15) is 5.11 Å². The zero-order valence-corrected chi connectivity index (χ0v) is 8.46. The molecular formula is C11H12ClNO. The Kier molecular flexibility index (Phi) is 2.75. The van der Waals surface area contributed by atoms with E-state index in [1.807, 2.05) is 30.5 Å². The second kappa shape index (κ2) is 4.03. The summed E-state index contributed by atoms with van der Waals surface area (Å²) in [7, 11) is 0. The van der Waals surface area contributed by atoms with Gasteiger partial charge in [-0.2, -0.15) is 0 Å². The average molecular weight is 210 g/mol. The van der Waals surface area contributed by atoms with E-state index in [2.05, 4.69) is 4.98 Å². The van der Waals surface area contributed by atoms with Crippen molar-refractivity contribution >= 4 is 22.5 Å². The highest BCUT2D eigenvalue weighted by Crippen LogP contribution is 2.19. The molecule has 0 saturated heterocycles. The highest BCUT2D eigenvalue weighted by Gasteiger charge is 2.07. The van der Waals surface area contributed by atoms with E-state index >= 15 is 0 Å². The topological polar surface area (TPSA) is 36.0 Å². The van der Waals surface area contributed by atoms with Crippen molar-refractivity contribution in [3.8, 4) is 0 Å². The van der Waals surface area contributed by atoms with Gasteiger partial charge in [0, 0.05) is 29.4 Å². The lowest BCUT2D eigenvalue weighted by Gasteiger charge is -2.04. The minimum absolute atomic E-state index is 0.277. The van der Waals surface area contributed by atoms with Gasteiger partial charge in [0.1, 0.15) is 0 Å². The first-order valence-corrected chi connectivity index (χ1v) is 5.13. The third kappa shape index (κ3) is 1.76. The Labute approximate surface area is 87.5 Å². The van der Waals surface area contributed by atoms with Gasteiger partial charge >= 0.3 is 0 Å². The van der Waals surface area contributed by atoms with E-state index in [1.165, 1.54) is 0 Å². The molecule has 1 aromatic heterocycles. The Morgan fingerprint density at radius 1 is 1.36 bits per heavy atom. The van der Waals surface area contributed by atoms with E-state index < -0.39 is 6.10 Å². The lowest BCUT2D eigenvalue weighted by molar-refractivity contribution is 0.199. The molecule has 2 nitrogen and oxygen atoms in total. The summed E-state index contributed by atoms with van der Waals surface area (Å²) in [5.74, 6) is 0.277. The number of alkyl halides is 1. The van der Waals surface area contributed by atoms with Crippen LogP contribution in [0.4, 0.5) is 0 Å². The molecule has 1 heterocycles. The molecular weight excluding hydrogens is 198 g/mol. The number of H-pyrrole nitrogens is 1. The molecule has 0 aliphatic rings. The Morgan fingerprint density at radius 3 is 2.93 bits per heavy atom. The lowest BCUT2D eigenvalue weighted by atomic mass is 10.1. The molecule has 0 saturated carbocycles. The van der Waals surface area contributed by atoms with Gasteiger partial charge in [-0.3, -0.25) is 0 Å². The zero-order chi connectivity index (χ0) is 9.97. The van der Waals surface area contributed by atoms with Gasteiger partial charge in [0.05, 0.1) is 6.10 Å².